The Morgan fingerprint density at radius 2 is 1.81 bits per heavy atom. The number of carbonyl (C=O) groups is 1. The minimum atomic E-state index is -3.66. The Kier molecular flexibility index (Phi) is 6.32. The number of aliphatic hydroxyl groups excluding tert-OH is 1. The van der Waals surface area contributed by atoms with Gasteiger partial charge >= 0.3 is 0 Å². The molecule has 0 radical (unpaired) electrons. The maximum absolute atomic E-state index is 12.2. The Balaban J connectivity index is 2.82. The van der Waals surface area contributed by atoms with Crippen molar-refractivity contribution in [3.63, 3.8) is 0 Å². The van der Waals surface area contributed by atoms with Crippen LogP contribution in [0.15, 0.2) is 29.2 Å². The van der Waals surface area contributed by atoms with Crippen LogP contribution in [0.1, 0.15) is 26.3 Å². The zero-order chi connectivity index (χ0) is 16.0. The van der Waals surface area contributed by atoms with Gasteiger partial charge in [0.05, 0.1) is 11.5 Å². The first kappa shape index (κ1) is 17.6. The van der Waals surface area contributed by atoms with Crippen molar-refractivity contribution in [2.75, 3.05) is 6.61 Å². The molecular formula is C14H22N2O4S. The third-order valence-electron chi connectivity index (χ3n) is 3.08. The summed E-state index contributed by atoms with van der Waals surface area (Å²) in [5, 5.41) is 11.8. The van der Waals surface area contributed by atoms with Gasteiger partial charge in [-0.3, -0.25) is 4.79 Å². The topological polar surface area (TPSA) is 95.5 Å². The first-order valence-corrected chi connectivity index (χ1v) is 8.21. The van der Waals surface area contributed by atoms with E-state index < -0.39 is 16.1 Å². The smallest absolute Gasteiger partial charge is 0.240 e. The zero-order valence-electron chi connectivity index (χ0n) is 12.5. The highest BCUT2D eigenvalue weighted by molar-refractivity contribution is 7.89. The highest BCUT2D eigenvalue weighted by Gasteiger charge is 2.21. The number of hydrogen-bond donors (Lipinski definition) is 3. The van der Waals surface area contributed by atoms with Gasteiger partial charge in [0.25, 0.3) is 0 Å². The molecule has 21 heavy (non-hydrogen) atoms. The predicted molar refractivity (Wildman–Crippen MR) is 80.0 cm³/mol. The molecule has 0 aliphatic carbocycles. The summed E-state index contributed by atoms with van der Waals surface area (Å²) in [5.74, 6) is -0.153. The average Bonchev–Trinajstić information content (AvgIpc) is 2.42. The van der Waals surface area contributed by atoms with Crippen LogP contribution in [0.4, 0.5) is 0 Å². The number of sulfonamides is 1. The minimum Gasteiger partial charge on any atom is -0.395 e. The Morgan fingerprint density at radius 3 is 2.24 bits per heavy atom. The molecule has 1 rings (SSSR count). The van der Waals surface area contributed by atoms with Crippen molar-refractivity contribution in [3.8, 4) is 0 Å². The van der Waals surface area contributed by atoms with Crippen LogP contribution in [-0.4, -0.2) is 32.1 Å². The lowest BCUT2D eigenvalue weighted by atomic mass is 10.1. The average molecular weight is 314 g/mol. The molecule has 0 saturated carbocycles. The lowest BCUT2D eigenvalue weighted by Gasteiger charge is -2.19. The molecule has 1 amide bonds. The van der Waals surface area contributed by atoms with Crippen molar-refractivity contribution < 1.29 is 18.3 Å². The van der Waals surface area contributed by atoms with Gasteiger partial charge in [0.15, 0.2) is 0 Å². The molecule has 0 aliphatic heterocycles. The van der Waals surface area contributed by atoms with Crippen LogP contribution >= 0.6 is 0 Å². The molecular weight excluding hydrogens is 292 g/mol. The van der Waals surface area contributed by atoms with E-state index in [1.165, 1.54) is 19.1 Å². The third-order valence-corrected chi connectivity index (χ3v) is 4.59. The zero-order valence-corrected chi connectivity index (χ0v) is 13.3. The highest BCUT2D eigenvalue weighted by atomic mass is 32.2. The lowest BCUT2D eigenvalue weighted by molar-refractivity contribution is -0.119. The number of rotatable bonds is 7. The third kappa shape index (κ3) is 5.45. The summed E-state index contributed by atoms with van der Waals surface area (Å²) >= 11 is 0. The maximum atomic E-state index is 12.2. The van der Waals surface area contributed by atoms with Gasteiger partial charge in [-0.1, -0.05) is 26.0 Å². The number of aliphatic hydroxyl groups is 1. The monoisotopic (exact) mass is 314 g/mol. The number of nitrogens with one attached hydrogen (secondary N) is 2. The summed E-state index contributed by atoms with van der Waals surface area (Å²) in [6, 6.07) is 5.73. The molecule has 0 fully saturated rings. The molecule has 1 unspecified atom stereocenters. The summed E-state index contributed by atoms with van der Waals surface area (Å²) in [6.45, 7) is 5.19. The van der Waals surface area contributed by atoms with E-state index in [0.29, 0.717) is 6.54 Å². The van der Waals surface area contributed by atoms with Crippen LogP contribution in [0.3, 0.4) is 0 Å². The largest absolute Gasteiger partial charge is 0.395 e. The van der Waals surface area contributed by atoms with Crippen molar-refractivity contribution in [1.82, 2.24) is 10.0 Å². The fourth-order valence-electron chi connectivity index (χ4n) is 1.66. The molecule has 0 bridgehead atoms. The number of carbonyl (C=O) groups excluding carboxylic acids is 1. The molecule has 0 heterocycles. The fourth-order valence-corrected chi connectivity index (χ4v) is 3.04. The van der Waals surface area contributed by atoms with Crippen molar-refractivity contribution >= 4 is 15.9 Å². The molecule has 1 aromatic rings. The van der Waals surface area contributed by atoms with Crippen molar-refractivity contribution in [1.29, 1.82) is 0 Å². The van der Waals surface area contributed by atoms with Gasteiger partial charge in [-0.25, -0.2) is 13.1 Å². The van der Waals surface area contributed by atoms with Gasteiger partial charge < -0.3 is 10.4 Å². The van der Waals surface area contributed by atoms with E-state index >= 15 is 0 Å². The first-order valence-electron chi connectivity index (χ1n) is 6.73. The minimum absolute atomic E-state index is 0.0104. The Bertz CT molecular complexity index is 567. The maximum Gasteiger partial charge on any atom is 0.240 e. The van der Waals surface area contributed by atoms with Crippen molar-refractivity contribution in [2.45, 2.75) is 38.3 Å². The first-order chi connectivity index (χ1) is 9.76. The van der Waals surface area contributed by atoms with Crippen LogP contribution < -0.4 is 10.0 Å². The van der Waals surface area contributed by atoms with Gasteiger partial charge in [-0.05, 0) is 23.6 Å². The summed E-state index contributed by atoms with van der Waals surface area (Å²) in [5.41, 5.74) is 0.812. The van der Waals surface area contributed by atoms with Crippen LogP contribution in [0.25, 0.3) is 0 Å². The second kappa shape index (κ2) is 7.53. The Hall–Kier alpha value is -1.44. The second-order valence-corrected chi connectivity index (χ2v) is 6.92. The van der Waals surface area contributed by atoms with Crippen molar-refractivity contribution in [2.24, 2.45) is 5.92 Å². The van der Waals surface area contributed by atoms with E-state index in [9.17, 15) is 18.3 Å². The summed E-state index contributed by atoms with van der Waals surface area (Å²) in [4.78, 5) is 11.0. The molecule has 0 aromatic heterocycles. The summed E-state index contributed by atoms with van der Waals surface area (Å²) in [7, 11) is -3.66. The normalized spacial score (nSPS) is 13.2. The SMILES string of the molecule is CC(=O)NCc1ccc(S(=O)(=O)NC(CO)C(C)C)cc1. The molecule has 7 heteroatoms. The Morgan fingerprint density at radius 1 is 1.24 bits per heavy atom. The molecule has 0 aliphatic rings. The van der Waals surface area contributed by atoms with E-state index in [0.717, 1.165) is 5.56 Å². The van der Waals surface area contributed by atoms with E-state index in [2.05, 4.69) is 10.0 Å². The summed E-state index contributed by atoms with van der Waals surface area (Å²) < 4.78 is 26.9. The van der Waals surface area contributed by atoms with Gasteiger partial charge in [0.1, 0.15) is 0 Å². The van der Waals surface area contributed by atoms with E-state index in [1.807, 2.05) is 13.8 Å². The molecule has 118 valence electrons. The second-order valence-electron chi connectivity index (χ2n) is 5.21. The predicted octanol–water partition coefficient (Wildman–Crippen LogP) is 0.618. The molecule has 1 aromatic carbocycles. The van der Waals surface area contributed by atoms with Gasteiger partial charge in [0.2, 0.25) is 15.9 Å². The van der Waals surface area contributed by atoms with Crippen LogP contribution in [0.5, 0.6) is 0 Å². The molecule has 3 N–H and O–H groups in total. The van der Waals surface area contributed by atoms with Crippen LogP contribution in [-0.2, 0) is 21.4 Å². The lowest BCUT2D eigenvalue weighted by Crippen LogP contribution is -2.41. The summed E-state index contributed by atoms with van der Waals surface area (Å²) in [6.07, 6.45) is 0. The number of hydrogen-bond acceptors (Lipinski definition) is 4. The van der Waals surface area contributed by atoms with Gasteiger partial charge in [-0.2, -0.15) is 0 Å². The van der Waals surface area contributed by atoms with Gasteiger partial charge in [-0.15, -0.1) is 0 Å². The fraction of sp³-hybridized carbons (Fsp3) is 0.500. The number of amides is 1. The quantitative estimate of drug-likeness (QED) is 0.687. The van der Waals surface area contributed by atoms with Crippen LogP contribution in [0.2, 0.25) is 0 Å². The molecule has 1 atom stereocenters. The van der Waals surface area contributed by atoms with Crippen LogP contribution in [0, 0.1) is 5.92 Å². The van der Waals surface area contributed by atoms with Gasteiger partial charge in [0, 0.05) is 19.5 Å². The molecule has 0 spiro atoms. The van der Waals surface area contributed by atoms with Crippen molar-refractivity contribution in [3.05, 3.63) is 29.8 Å². The van der Waals surface area contributed by atoms with E-state index in [4.69, 9.17) is 0 Å². The van der Waals surface area contributed by atoms with E-state index in [-0.39, 0.29) is 23.3 Å². The highest BCUT2D eigenvalue weighted by Crippen LogP contribution is 2.13. The standard InChI is InChI=1S/C14H22N2O4S/c1-10(2)14(9-17)16-21(19,20)13-6-4-12(5-7-13)8-15-11(3)18/h4-7,10,14,16-17H,8-9H2,1-3H3,(H,15,18). The number of benzene rings is 1. The molecule has 0 saturated heterocycles. The molecule has 6 nitrogen and oxygen atoms in total. The Labute approximate surface area is 125 Å². The van der Waals surface area contributed by atoms with E-state index in [1.54, 1.807) is 12.1 Å².